The van der Waals surface area contributed by atoms with Gasteiger partial charge in [-0.15, -0.1) is 11.3 Å². The molecule has 1 aromatic heterocycles. The van der Waals surface area contributed by atoms with Gasteiger partial charge in [0.25, 0.3) is 0 Å². The van der Waals surface area contributed by atoms with Gasteiger partial charge in [-0.3, -0.25) is 9.69 Å². The molecular weight excluding hydrogens is 566 g/mol. The highest BCUT2D eigenvalue weighted by Crippen LogP contribution is 2.40. The molecule has 6 N–H and O–H groups in total. The highest BCUT2D eigenvalue weighted by Gasteiger charge is 2.29. The number of thiophene rings is 1. The second-order valence-corrected chi connectivity index (χ2v) is 10.1. The summed E-state index contributed by atoms with van der Waals surface area (Å²) in [5.74, 6) is -7.13. The van der Waals surface area contributed by atoms with Crippen LogP contribution in [0, 0.1) is 5.92 Å². The number of rotatable bonds is 9. The van der Waals surface area contributed by atoms with Crippen molar-refractivity contribution in [2.75, 3.05) is 57.9 Å². The van der Waals surface area contributed by atoms with Crippen molar-refractivity contribution in [1.29, 1.82) is 0 Å². The van der Waals surface area contributed by atoms with E-state index >= 15 is 0 Å². The van der Waals surface area contributed by atoms with E-state index in [1.165, 1.54) is 16.2 Å². The number of morpholine rings is 1. The summed E-state index contributed by atoms with van der Waals surface area (Å²) in [5, 5.41) is 36.4. The lowest BCUT2D eigenvalue weighted by molar-refractivity contribution is -0.159. The van der Waals surface area contributed by atoms with E-state index in [1.807, 2.05) is 0 Å². The van der Waals surface area contributed by atoms with Crippen LogP contribution in [-0.4, -0.2) is 114 Å². The molecule has 1 aliphatic carbocycles. The monoisotopic (exact) mass is 603 g/mol. The average Bonchev–Trinajstić information content (AvgIpc) is 3.26. The van der Waals surface area contributed by atoms with E-state index in [0.29, 0.717) is 23.1 Å². The molecule has 1 unspecified atom stereocenters. The first kappa shape index (κ1) is 35.4. The van der Waals surface area contributed by atoms with Gasteiger partial charge in [0, 0.05) is 18.0 Å². The van der Waals surface area contributed by atoms with Gasteiger partial charge in [0.1, 0.15) is 5.00 Å². The van der Waals surface area contributed by atoms with Crippen LogP contribution in [0.5, 0.6) is 0 Å². The van der Waals surface area contributed by atoms with E-state index in [0.717, 1.165) is 70.6 Å². The molecule has 230 valence electrons. The highest BCUT2D eigenvalue weighted by molar-refractivity contribution is 7.17. The van der Waals surface area contributed by atoms with Gasteiger partial charge in [-0.05, 0) is 57.2 Å². The third-order valence-electron chi connectivity index (χ3n) is 5.83. The number of ether oxygens (including phenoxy) is 2. The van der Waals surface area contributed by atoms with Crippen molar-refractivity contribution in [1.82, 2.24) is 10.2 Å². The molecule has 16 heteroatoms. The SMILES string of the molecule is CCOC(=O)c1c(NC(=O)CNCCCN2CCOCC2)sc2c1CCC(C)C2.O=C(O)C(=O)O.O=C(O)C(=O)O. The predicted octanol–water partition coefficient (Wildman–Crippen LogP) is 0.611. The Bertz CT molecular complexity index is 1020. The largest absolute Gasteiger partial charge is 0.473 e. The number of hydrogen-bond acceptors (Lipinski definition) is 11. The molecule has 2 aliphatic rings. The molecule has 0 bridgehead atoms. The zero-order chi connectivity index (χ0) is 30.9. The molecule has 1 saturated heterocycles. The van der Waals surface area contributed by atoms with Crippen LogP contribution in [0.25, 0.3) is 0 Å². The molecule has 1 aromatic rings. The van der Waals surface area contributed by atoms with Crippen LogP contribution in [0.2, 0.25) is 0 Å². The quantitative estimate of drug-likeness (QED) is 0.129. The number of carboxylic acids is 4. The van der Waals surface area contributed by atoms with Crippen molar-refractivity contribution in [3.8, 4) is 0 Å². The van der Waals surface area contributed by atoms with E-state index in [1.54, 1.807) is 6.92 Å². The van der Waals surface area contributed by atoms with E-state index < -0.39 is 23.9 Å². The minimum atomic E-state index is -1.82. The van der Waals surface area contributed by atoms with Gasteiger partial charge in [0.15, 0.2) is 0 Å². The van der Waals surface area contributed by atoms with Crippen LogP contribution >= 0.6 is 11.3 Å². The van der Waals surface area contributed by atoms with Crippen LogP contribution < -0.4 is 10.6 Å². The summed E-state index contributed by atoms with van der Waals surface area (Å²) in [6.45, 7) is 9.99. The van der Waals surface area contributed by atoms with Gasteiger partial charge in [0.2, 0.25) is 5.91 Å². The van der Waals surface area contributed by atoms with Crippen molar-refractivity contribution in [3.05, 3.63) is 16.0 Å². The zero-order valence-electron chi connectivity index (χ0n) is 23.0. The first-order chi connectivity index (χ1) is 19.4. The summed E-state index contributed by atoms with van der Waals surface area (Å²) < 4.78 is 10.6. The first-order valence-corrected chi connectivity index (χ1v) is 13.7. The number of fused-ring (bicyclic) bond motifs is 1. The zero-order valence-corrected chi connectivity index (χ0v) is 23.8. The summed E-state index contributed by atoms with van der Waals surface area (Å²) in [5.41, 5.74) is 1.64. The fraction of sp³-hybridized carbons (Fsp3) is 0.600. The molecule has 3 rings (SSSR count). The highest BCUT2D eigenvalue weighted by atomic mass is 32.1. The molecule has 0 radical (unpaired) electrons. The number of aliphatic carboxylic acids is 4. The van der Waals surface area contributed by atoms with Crippen molar-refractivity contribution >= 4 is 52.1 Å². The van der Waals surface area contributed by atoms with E-state index in [4.69, 9.17) is 49.1 Å². The lowest BCUT2D eigenvalue weighted by Crippen LogP contribution is -2.38. The Morgan fingerprint density at radius 3 is 2.12 bits per heavy atom. The Labute approximate surface area is 240 Å². The number of nitrogens with zero attached hydrogens (tertiary/aromatic N) is 1. The number of carbonyl (C=O) groups excluding carboxylic acids is 2. The summed E-state index contributed by atoms with van der Waals surface area (Å²) in [4.78, 5) is 64.9. The second kappa shape index (κ2) is 18.7. The third kappa shape index (κ3) is 13.5. The van der Waals surface area contributed by atoms with Gasteiger partial charge >= 0.3 is 29.8 Å². The van der Waals surface area contributed by atoms with Crippen LogP contribution in [-0.2, 0) is 46.3 Å². The minimum Gasteiger partial charge on any atom is -0.473 e. The van der Waals surface area contributed by atoms with Gasteiger partial charge in [-0.1, -0.05) is 6.92 Å². The van der Waals surface area contributed by atoms with Crippen LogP contribution in [0.1, 0.15) is 47.5 Å². The predicted molar refractivity (Wildman–Crippen MR) is 145 cm³/mol. The van der Waals surface area contributed by atoms with Gasteiger partial charge < -0.3 is 40.5 Å². The second-order valence-electron chi connectivity index (χ2n) is 9.03. The number of anilines is 1. The maximum Gasteiger partial charge on any atom is 0.414 e. The van der Waals surface area contributed by atoms with E-state index in [2.05, 4.69) is 22.5 Å². The number of carboxylic acid groups (broad SMARTS) is 4. The topological polar surface area (TPSA) is 229 Å². The number of nitrogens with one attached hydrogen (secondary N) is 2. The number of amides is 1. The molecule has 2 heterocycles. The standard InChI is InChI=1S/C21H33N3O4S.2C2H2O4/c1-3-28-21(26)19-16-6-5-15(2)13-17(16)29-20(19)23-18(25)14-22-7-4-8-24-9-11-27-12-10-24;2*3-1(4)2(5)6/h15,22H,3-14H2,1-2H3,(H,23,25);2*(H,3,4)(H,5,6). The molecule has 1 amide bonds. The lowest BCUT2D eigenvalue weighted by Gasteiger charge is -2.26. The first-order valence-electron chi connectivity index (χ1n) is 12.9. The fourth-order valence-electron chi connectivity index (χ4n) is 3.88. The maximum atomic E-state index is 12.5. The number of carbonyl (C=O) groups is 6. The normalized spacial score (nSPS) is 16.0. The number of esters is 1. The Kier molecular flexibility index (Phi) is 16.2. The summed E-state index contributed by atoms with van der Waals surface area (Å²) in [6.07, 6.45) is 3.89. The number of hydrogen-bond donors (Lipinski definition) is 6. The van der Waals surface area contributed by atoms with E-state index in [9.17, 15) is 9.59 Å². The molecule has 1 aliphatic heterocycles. The van der Waals surface area contributed by atoms with Gasteiger partial charge in [-0.25, -0.2) is 24.0 Å². The van der Waals surface area contributed by atoms with Crippen molar-refractivity contribution in [3.63, 3.8) is 0 Å². The molecule has 15 nitrogen and oxygen atoms in total. The molecule has 41 heavy (non-hydrogen) atoms. The molecule has 0 aromatic carbocycles. The summed E-state index contributed by atoms with van der Waals surface area (Å²) >= 11 is 1.53. The average molecular weight is 604 g/mol. The Balaban J connectivity index is 0.000000588. The van der Waals surface area contributed by atoms with Crippen LogP contribution in [0.15, 0.2) is 0 Å². The van der Waals surface area contributed by atoms with Crippen LogP contribution in [0.4, 0.5) is 5.00 Å². The fourth-order valence-corrected chi connectivity index (χ4v) is 5.30. The summed E-state index contributed by atoms with van der Waals surface area (Å²) in [6, 6.07) is 0. The van der Waals surface area contributed by atoms with E-state index in [-0.39, 0.29) is 18.4 Å². The molecule has 1 fully saturated rings. The smallest absolute Gasteiger partial charge is 0.414 e. The van der Waals surface area contributed by atoms with Crippen molar-refractivity contribution in [2.45, 2.75) is 39.5 Å². The van der Waals surface area contributed by atoms with Gasteiger partial charge in [-0.2, -0.15) is 0 Å². The lowest BCUT2D eigenvalue weighted by atomic mass is 9.88. The third-order valence-corrected chi connectivity index (χ3v) is 7.00. The van der Waals surface area contributed by atoms with Crippen molar-refractivity contribution in [2.24, 2.45) is 5.92 Å². The molecule has 0 saturated carbocycles. The Morgan fingerprint density at radius 1 is 1.00 bits per heavy atom. The van der Waals surface area contributed by atoms with Crippen LogP contribution in [0.3, 0.4) is 0 Å². The Morgan fingerprint density at radius 2 is 1.59 bits per heavy atom. The molecular formula is C25H37N3O12S. The maximum absolute atomic E-state index is 12.5. The Hall–Kier alpha value is -3.60. The molecule has 1 atom stereocenters. The van der Waals surface area contributed by atoms with Gasteiger partial charge in [0.05, 0.1) is 31.9 Å². The molecule has 0 spiro atoms. The van der Waals surface area contributed by atoms with Crippen molar-refractivity contribution < 1.29 is 58.7 Å². The summed E-state index contributed by atoms with van der Waals surface area (Å²) in [7, 11) is 0. The minimum absolute atomic E-state index is 0.117.